The summed E-state index contributed by atoms with van der Waals surface area (Å²) in [5, 5.41) is 0. The lowest BCUT2D eigenvalue weighted by molar-refractivity contribution is 0.336. The summed E-state index contributed by atoms with van der Waals surface area (Å²) in [4.78, 5) is 34.3. The molecule has 0 saturated heterocycles. The van der Waals surface area contributed by atoms with Crippen molar-refractivity contribution in [3.63, 3.8) is 0 Å². The summed E-state index contributed by atoms with van der Waals surface area (Å²) >= 11 is 0. The molecule has 0 radical (unpaired) electrons. The van der Waals surface area contributed by atoms with Crippen LogP contribution >= 0.6 is 0 Å². The number of hydrogen-bond donors (Lipinski definition) is 0. The van der Waals surface area contributed by atoms with Gasteiger partial charge < -0.3 is 14.7 Å². The summed E-state index contributed by atoms with van der Waals surface area (Å²) in [5.74, 6) is 4.10. The Morgan fingerprint density at radius 3 is 0.744 bits per heavy atom. The zero-order valence-electron chi connectivity index (χ0n) is 27.0. The molecule has 9 nitrogen and oxygen atoms in total. The maximum atomic E-state index is 4.65. The van der Waals surface area contributed by atoms with Gasteiger partial charge in [-0.05, 0) is 35.5 Å². The lowest BCUT2D eigenvalue weighted by Crippen LogP contribution is -2.30. The Kier molecular flexibility index (Phi) is 15.8. The van der Waals surface area contributed by atoms with Crippen LogP contribution in [0.15, 0.2) is 15.0 Å². The van der Waals surface area contributed by atoms with Crippen molar-refractivity contribution in [3.8, 4) is 0 Å². The molecular formula is C30H57N9. The SMILES string of the molecule is CC(C)CN(C=Nc1nc(N=CN(CC(C)C)CC(C)C)nc(N=CN(CC(C)C)CC(C)C)n1)CC(C)C. The molecule has 1 heterocycles. The molecule has 1 aromatic rings. The Morgan fingerprint density at radius 1 is 0.410 bits per heavy atom. The molecule has 9 heteroatoms. The lowest BCUT2D eigenvalue weighted by atomic mass is 10.1. The Balaban J connectivity index is 3.41. The summed E-state index contributed by atoms with van der Waals surface area (Å²) < 4.78 is 0. The molecule has 39 heavy (non-hydrogen) atoms. The fourth-order valence-electron chi connectivity index (χ4n) is 4.24. The van der Waals surface area contributed by atoms with E-state index in [1.165, 1.54) is 0 Å². The van der Waals surface area contributed by atoms with Gasteiger partial charge >= 0.3 is 0 Å². The number of aromatic nitrogens is 3. The van der Waals surface area contributed by atoms with Gasteiger partial charge in [-0.15, -0.1) is 0 Å². The predicted molar refractivity (Wildman–Crippen MR) is 168 cm³/mol. The number of rotatable bonds is 18. The Hall–Kier alpha value is -2.58. The third-order valence-electron chi connectivity index (χ3n) is 5.21. The maximum Gasteiger partial charge on any atom is 0.257 e. The Morgan fingerprint density at radius 2 is 0.590 bits per heavy atom. The van der Waals surface area contributed by atoms with Crippen LogP contribution in [0.5, 0.6) is 0 Å². The molecule has 0 amide bonds. The summed E-state index contributed by atoms with van der Waals surface area (Å²) in [7, 11) is 0. The maximum absolute atomic E-state index is 4.65. The van der Waals surface area contributed by atoms with E-state index in [1.807, 2.05) is 19.0 Å². The second-order valence-corrected chi connectivity index (χ2v) is 13.2. The summed E-state index contributed by atoms with van der Waals surface area (Å²) in [6.45, 7) is 32.1. The summed E-state index contributed by atoms with van der Waals surface area (Å²) in [5.41, 5.74) is 0. The summed E-state index contributed by atoms with van der Waals surface area (Å²) in [6.07, 6.45) is 5.55. The molecular weight excluding hydrogens is 486 g/mol. The van der Waals surface area contributed by atoms with Gasteiger partial charge in [-0.3, -0.25) is 0 Å². The Bertz CT molecular complexity index is 732. The normalized spacial score (nSPS) is 12.8. The molecule has 222 valence electrons. The van der Waals surface area contributed by atoms with Crippen molar-refractivity contribution in [1.82, 2.24) is 29.7 Å². The second-order valence-electron chi connectivity index (χ2n) is 13.2. The average molecular weight is 544 g/mol. The van der Waals surface area contributed by atoms with E-state index in [0.29, 0.717) is 53.4 Å². The van der Waals surface area contributed by atoms with E-state index in [-0.39, 0.29) is 0 Å². The van der Waals surface area contributed by atoms with Crippen molar-refractivity contribution in [2.45, 2.75) is 83.1 Å². The fourth-order valence-corrected chi connectivity index (χ4v) is 4.24. The van der Waals surface area contributed by atoms with E-state index in [0.717, 1.165) is 39.3 Å². The van der Waals surface area contributed by atoms with Gasteiger partial charge in [0, 0.05) is 39.3 Å². The molecule has 0 bridgehead atoms. The highest BCUT2D eigenvalue weighted by atomic mass is 15.3. The zero-order valence-corrected chi connectivity index (χ0v) is 27.0. The molecule has 1 aromatic heterocycles. The Labute approximate surface area is 239 Å². The zero-order chi connectivity index (χ0) is 29.5. The van der Waals surface area contributed by atoms with Crippen molar-refractivity contribution in [3.05, 3.63) is 0 Å². The monoisotopic (exact) mass is 543 g/mol. The van der Waals surface area contributed by atoms with Crippen LogP contribution < -0.4 is 0 Å². The van der Waals surface area contributed by atoms with Gasteiger partial charge in [-0.2, -0.15) is 15.0 Å². The predicted octanol–water partition coefficient (Wildman–Crippen LogP) is 6.69. The van der Waals surface area contributed by atoms with Crippen molar-refractivity contribution >= 4 is 36.9 Å². The standard InChI is InChI=1S/C30H57N9/c1-22(2)13-37(14-23(3)4)19-31-28-34-29(32-20-38(15-24(5)6)16-25(7)8)36-30(35-28)33-21-39(17-26(9)10)18-27(11)12/h19-27H,13-18H2,1-12H3. The van der Waals surface area contributed by atoms with E-state index in [1.54, 1.807) is 0 Å². The van der Waals surface area contributed by atoms with Gasteiger partial charge in [-0.1, -0.05) is 83.1 Å². The molecule has 1 rings (SSSR count). The molecule has 0 spiro atoms. The van der Waals surface area contributed by atoms with E-state index >= 15 is 0 Å². The first-order valence-electron chi connectivity index (χ1n) is 14.8. The van der Waals surface area contributed by atoms with Gasteiger partial charge in [0.05, 0.1) is 19.0 Å². The minimum atomic E-state index is 0.320. The fraction of sp³-hybridized carbons (Fsp3) is 0.800. The van der Waals surface area contributed by atoms with Crippen molar-refractivity contribution < 1.29 is 0 Å². The van der Waals surface area contributed by atoms with Crippen LogP contribution in [-0.4, -0.2) is 87.9 Å². The number of hydrogen-bond acceptors (Lipinski definition) is 6. The van der Waals surface area contributed by atoms with Crippen LogP contribution in [0.3, 0.4) is 0 Å². The minimum absolute atomic E-state index is 0.320. The number of aliphatic imine (C=N–C) groups is 3. The largest absolute Gasteiger partial charge is 0.362 e. The molecule has 0 aromatic carbocycles. The number of nitrogens with zero attached hydrogens (tertiary/aromatic N) is 9. The van der Waals surface area contributed by atoms with Crippen LogP contribution in [0.1, 0.15) is 83.1 Å². The average Bonchev–Trinajstić information content (AvgIpc) is 2.77. The molecule has 0 saturated carbocycles. The highest BCUT2D eigenvalue weighted by Gasteiger charge is 2.11. The van der Waals surface area contributed by atoms with Crippen LogP contribution in [0.2, 0.25) is 0 Å². The minimum Gasteiger partial charge on any atom is -0.362 e. The molecule has 0 aliphatic carbocycles. The smallest absolute Gasteiger partial charge is 0.257 e. The lowest BCUT2D eigenvalue weighted by Gasteiger charge is -2.23. The first-order valence-corrected chi connectivity index (χ1v) is 14.8. The molecule has 0 fully saturated rings. The van der Waals surface area contributed by atoms with Gasteiger partial charge in [0.15, 0.2) is 0 Å². The van der Waals surface area contributed by atoms with Gasteiger partial charge in [-0.25, -0.2) is 15.0 Å². The van der Waals surface area contributed by atoms with Crippen molar-refractivity contribution in [2.24, 2.45) is 50.5 Å². The molecule has 0 N–H and O–H groups in total. The van der Waals surface area contributed by atoms with E-state index in [9.17, 15) is 0 Å². The van der Waals surface area contributed by atoms with Crippen LogP contribution in [-0.2, 0) is 0 Å². The first kappa shape index (κ1) is 34.4. The van der Waals surface area contributed by atoms with Crippen LogP contribution in [0.25, 0.3) is 0 Å². The molecule has 0 aliphatic rings. The highest BCUT2D eigenvalue weighted by Crippen LogP contribution is 2.17. The molecule has 0 atom stereocenters. The second kappa shape index (κ2) is 17.9. The van der Waals surface area contributed by atoms with E-state index in [4.69, 9.17) is 0 Å². The van der Waals surface area contributed by atoms with Crippen molar-refractivity contribution in [1.29, 1.82) is 0 Å². The van der Waals surface area contributed by atoms with E-state index in [2.05, 4.69) is 128 Å². The van der Waals surface area contributed by atoms with Gasteiger partial charge in [0.1, 0.15) is 0 Å². The molecule has 0 aliphatic heterocycles. The third-order valence-corrected chi connectivity index (χ3v) is 5.21. The topological polar surface area (TPSA) is 85.5 Å². The van der Waals surface area contributed by atoms with E-state index < -0.39 is 0 Å². The van der Waals surface area contributed by atoms with Gasteiger partial charge in [0.2, 0.25) is 0 Å². The van der Waals surface area contributed by atoms with Crippen LogP contribution in [0, 0.1) is 35.5 Å². The van der Waals surface area contributed by atoms with Crippen LogP contribution in [0.4, 0.5) is 17.8 Å². The highest BCUT2D eigenvalue weighted by molar-refractivity contribution is 5.63. The van der Waals surface area contributed by atoms with Gasteiger partial charge in [0.25, 0.3) is 17.8 Å². The molecule has 0 unspecified atom stereocenters. The summed E-state index contributed by atoms with van der Waals surface area (Å²) in [6, 6.07) is 0. The quantitative estimate of drug-likeness (QED) is 0.151. The third kappa shape index (κ3) is 16.9. The van der Waals surface area contributed by atoms with Crippen molar-refractivity contribution in [2.75, 3.05) is 39.3 Å². The first-order chi connectivity index (χ1) is 18.2.